The van der Waals surface area contributed by atoms with Crippen LogP contribution in [0.15, 0.2) is 0 Å². The van der Waals surface area contributed by atoms with E-state index in [9.17, 15) is 0 Å². The van der Waals surface area contributed by atoms with Gasteiger partial charge in [-0.25, -0.2) is 0 Å². The Hall–Kier alpha value is 0. The van der Waals surface area contributed by atoms with Crippen molar-refractivity contribution >= 4 is 0 Å². The Bertz CT molecular complexity index is 114. The van der Waals surface area contributed by atoms with Crippen LogP contribution in [0.2, 0.25) is 0 Å². The highest BCUT2D eigenvalue weighted by atomic mass is 14.1. The SMILES string of the molecule is CCCCCCCC(CC)CCCCCCC. The van der Waals surface area contributed by atoms with Gasteiger partial charge in [0, 0.05) is 0 Å². The molecule has 0 nitrogen and oxygen atoms in total. The van der Waals surface area contributed by atoms with Crippen molar-refractivity contribution in [2.24, 2.45) is 5.92 Å². The van der Waals surface area contributed by atoms with E-state index in [-0.39, 0.29) is 0 Å². The number of hydrogen-bond donors (Lipinski definition) is 0. The minimum absolute atomic E-state index is 1.03. The van der Waals surface area contributed by atoms with Gasteiger partial charge in [0.25, 0.3) is 0 Å². The van der Waals surface area contributed by atoms with E-state index in [0.717, 1.165) is 5.92 Å². The predicted molar refractivity (Wildman–Crippen MR) is 80.5 cm³/mol. The summed E-state index contributed by atoms with van der Waals surface area (Å²) in [5, 5.41) is 0. The molecule has 0 heterocycles. The first-order chi connectivity index (χ1) is 8.35. The molecule has 0 radical (unpaired) electrons. The highest BCUT2D eigenvalue weighted by Crippen LogP contribution is 2.21. The van der Waals surface area contributed by atoms with Crippen molar-refractivity contribution in [1.82, 2.24) is 0 Å². The summed E-state index contributed by atoms with van der Waals surface area (Å²) in [7, 11) is 0. The smallest absolute Gasteiger partial charge is 0.0417 e. The van der Waals surface area contributed by atoms with Crippen LogP contribution in [-0.4, -0.2) is 0 Å². The lowest BCUT2D eigenvalue weighted by atomic mass is 9.92. The van der Waals surface area contributed by atoms with E-state index in [1.165, 1.54) is 83.5 Å². The second-order valence-corrected chi connectivity index (χ2v) is 5.68. The summed E-state index contributed by atoms with van der Waals surface area (Å²) >= 11 is 0. The average Bonchev–Trinajstić information content (AvgIpc) is 2.36. The van der Waals surface area contributed by atoms with Crippen LogP contribution in [-0.2, 0) is 0 Å². The summed E-state index contributed by atoms with van der Waals surface area (Å²) in [6.45, 7) is 6.97. The third-order valence-electron chi connectivity index (χ3n) is 4.01. The third kappa shape index (κ3) is 12.2. The second kappa shape index (κ2) is 14.1. The van der Waals surface area contributed by atoms with Gasteiger partial charge in [0.1, 0.15) is 0 Å². The van der Waals surface area contributed by atoms with Crippen molar-refractivity contribution in [3.05, 3.63) is 0 Å². The normalized spacial score (nSPS) is 11.3. The predicted octanol–water partition coefficient (Wildman–Crippen LogP) is 6.73. The fourth-order valence-electron chi connectivity index (χ4n) is 2.63. The van der Waals surface area contributed by atoms with Crippen molar-refractivity contribution in [2.45, 2.75) is 104 Å². The molecule has 0 aliphatic carbocycles. The monoisotopic (exact) mass is 240 g/mol. The molecule has 0 amide bonds. The van der Waals surface area contributed by atoms with Gasteiger partial charge >= 0.3 is 0 Å². The van der Waals surface area contributed by atoms with Crippen LogP contribution in [0.1, 0.15) is 104 Å². The summed E-state index contributed by atoms with van der Waals surface area (Å²) in [5.41, 5.74) is 0. The molecular formula is C17H36. The van der Waals surface area contributed by atoms with Gasteiger partial charge in [-0.3, -0.25) is 0 Å². The van der Waals surface area contributed by atoms with Crippen LogP contribution in [0.4, 0.5) is 0 Å². The third-order valence-corrected chi connectivity index (χ3v) is 4.01. The molecule has 0 aliphatic heterocycles. The van der Waals surface area contributed by atoms with Crippen molar-refractivity contribution in [3.8, 4) is 0 Å². The lowest BCUT2D eigenvalue weighted by Gasteiger charge is -2.14. The zero-order valence-electron chi connectivity index (χ0n) is 12.8. The molecular weight excluding hydrogens is 204 g/mol. The van der Waals surface area contributed by atoms with Gasteiger partial charge in [0.15, 0.2) is 0 Å². The molecule has 0 heteroatoms. The van der Waals surface area contributed by atoms with Crippen LogP contribution in [0.3, 0.4) is 0 Å². The lowest BCUT2D eigenvalue weighted by Crippen LogP contribution is -1.99. The highest BCUT2D eigenvalue weighted by Gasteiger charge is 2.05. The molecule has 0 unspecified atom stereocenters. The molecule has 0 aromatic carbocycles. The van der Waals surface area contributed by atoms with E-state index in [2.05, 4.69) is 20.8 Å². The van der Waals surface area contributed by atoms with Gasteiger partial charge < -0.3 is 0 Å². The molecule has 0 saturated carbocycles. The Labute approximate surface area is 111 Å². The summed E-state index contributed by atoms with van der Waals surface area (Å²) in [4.78, 5) is 0. The Kier molecular flexibility index (Phi) is 14.1. The lowest BCUT2D eigenvalue weighted by molar-refractivity contribution is 0.394. The molecule has 0 atom stereocenters. The summed E-state index contributed by atoms with van der Waals surface area (Å²) in [6.07, 6.45) is 18.8. The Morgan fingerprint density at radius 3 is 1.29 bits per heavy atom. The fraction of sp³-hybridized carbons (Fsp3) is 1.00. The van der Waals surface area contributed by atoms with Gasteiger partial charge in [-0.05, 0) is 5.92 Å². The molecule has 0 aromatic heterocycles. The maximum Gasteiger partial charge on any atom is -0.0417 e. The van der Waals surface area contributed by atoms with E-state index in [1.807, 2.05) is 0 Å². The molecule has 0 fully saturated rings. The van der Waals surface area contributed by atoms with Gasteiger partial charge in [-0.15, -0.1) is 0 Å². The number of hydrogen-bond acceptors (Lipinski definition) is 0. The Morgan fingerprint density at radius 1 is 0.529 bits per heavy atom. The van der Waals surface area contributed by atoms with E-state index in [1.54, 1.807) is 0 Å². The topological polar surface area (TPSA) is 0 Å². The van der Waals surface area contributed by atoms with Crippen molar-refractivity contribution in [1.29, 1.82) is 0 Å². The first-order valence-electron chi connectivity index (χ1n) is 8.35. The van der Waals surface area contributed by atoms with E-state index in [4.69, 9.17) is 0 Å². The Balaban J connectivity index is 3.30. The van der Waals surface area contributed by atoms with Crippen molar-refractivity contribution in [3.63, 3.8) is 0 Å². The first kappa shape index (κ1) is 17.0. The zero-order chi connectivity index (χ0) is 12.8. The van der Waals surface area contributed by atoms with E-state index < -0.39 is 0 Å². The molecule has 0 saturated heterocycles. The minimum Gasteiger partial charge on any atom is -0.0654 e. The molecule has 0 aromatic rings. The van der Waals surface area contributed by atoms with E-state index >= 15 is 0 Å². The molecule has 104 valence electrons. The van der Waals surface area contributed by atoms with Crippen LogP contribution >= 0.6 is 0 Å². The second-order valence-electron chi connectivity index (χ2n) is 5.68. The van der Waals surface area contributed by atoms with Gasteiger partial charge in [0.05, 0.1) is 0 Å². The maximum atomic E-state index is 2.38. The molecule has 0 aliphatic rings. The standard InChI is InChI=1S/C17H36/c1-4-7-9-11-13-15-17(6-3)16-14-12-10-8-5-2/h17H,4-16H2,1-3H3. The summed E-state index contributed by atoms with van der Waals surface area (Å²) in [6, 6.07) is 0. The maximum absolute atomic E-state index is 2.38. The first-order valence-corrected chi connectivity index (χ1v) is 8.35. The molecule has 0 spiro atoms. The quantitative estimate of drug-likeness (QED) is 0.313. The van der Waals surface area contributed by atoms with Crippen molar-refractivity contribution in [2.75, 3.05) is 0 Å². The average molecular weight is 240 g/mol. The van der Waals surface area contributed by atoms with Crippen LogP contribution in [0.25, 0.3) is 0 Å². The molecule has 0 rings (SSSR count). The highest BCUT2D eigenvalue weighted by molar-refractivity contribution is 4.58. The van der Waals surface area contributed by atoms with Crippen LogP contribution < -0.4 is 0 Å². The van der Waals surface area contributed by atoms with Gasteiger partial charge in [-0.2, -0.15) is 0 Å². The largest absolute Gasteiger partial charge is 0.0654 e. The van der Waals surface area contributed by atoms with E-state index in [0.29, 0.717) is 0 Å². The Morgan fingerprint density at radius 2 is 0.941 bits per heavy atom. The fourth-order valence-corrected chi connectivity index (χ4v) is 2.63. The summed E-state index contributed by atoms with van der Waals surface area (Å²) in [5.74, 6) is 1.03. The van der Waals surface area contributed by atoms with Crippen LogP contribution in [0.5, 0.6) is 0 Å². The number of unbranched alkanes of at least 4 members (excludes halogenated alkanes) is 8. The van der Waals surface area contributed by atoms with Crippen LogP contribution in [0, 0.1) is 5.92 Å². The van der Waals surface area contributed by atoms with Gasteiger partial charge in [0.2, 0.25) is 0 Å². The van der Waals surface area contributed by atoms with Crippen molar-refractivity contribution < 1.29 is 0 Å². The zero-order valence-corrected chi connectivity index (χ0v) is 12.8. The molecule has 0 bridgehead atoms. The van der Waals surface area contributed by atoms with Gasteiger partial charge in [-0.1, -0.05) is 104 Å². The summed E-state index contributed by atoms with van der Waals surface area (Å²) < 4.78 is 0. The number of rotatable bonds is 13. The molecule has 0 N–H and O–H groups in total. The molecule has 17 heavy (non-hydrogen) atoms. The minimum atomic E-state index is 1.03.